The number of nitrogens with two attached hydrogens (primary N) is 1. The third kappa shape index (κ3) is 2.34. The van der Waals surface area contributed by atoms with E-state index in [1.807, 2.05) is 0 Å². The van der Waals surface area contributed by atoms with Crippen molar-refractivity contribution in [2.24, 2.45) is 5.73 Å². The Labute approximate surface area is 90.0 Å². The largest absolute Gasteiger partial charge is 0.455 e. The van der Waals surface area contributed by atoms with Crippen LogP contribution in [0.25, 0.3) is 0 Å². The fraction of sp³-hybridized carbons (Fsp3) is 0.778. The van der Waals surface area contributed by atoms with E-state index in [4.69, 9.17) is 5.73 Å². The van der Waals surface area contributed by atoms with E-state index in [0.717, 1.165) is 25.7 Å². The van der Waals surface area contributed by atoms with E-state index in [-0.39, 0.29) is 12.3 Å². The van der Waals surface area contributed by atoms with E-state index in [1.54, 1.807) is 0 Å². The summed E-state index contributed by atoms with van der Waals surface area (Å²) in [6.45, 7) is 0. The van der Waals surface area contributed by atoms with Crippen LogP contribution in [0.1, 0.15) is 37.4 Å². The van der Waals surface area contributed by atoms with Gasteiger partial charge in [-0.25, -0.2) is 0 Å². The van der Waals surface area contributed by atoms with Gasteiger partial charge < -0.3 is 10.3 Å². The van der Waals surface area contributed by atoms with Gasteiger partial charge in [0.2, 0.25) is 5.89 Å². The second-order valence-electron chi connectivity index (χ2n) is 4.26. The molecule has 2 N–H and O–H groups in total. The van der Waals surface area contributed by atoms with Gasteiger partial charge in [-0.15, -0.1) is 0 Å². The van der Waals surface area contributed by atoms with E-state index in [1.165, 1.54) is 0 Å². The maximum atomic E-state index is 12.2. The van der Waals surface area contributed by atoms with Crippen LogP contribution >= 0.6 is 0 Å². The third-order valence-corrected chi connectivity index (χ3v) is 2.82. The van der Waals surface area contributed by atoms with Gasteiger partial charge in [-0.2, -0.15) is 18.2 Å². The summed E-state index contributed by atoms with van der Waals surface area (Å²) in [5.74, 6) is -1.26. The van der Waals surface area contributed by atoms with Crippen molar-refractivity contribution in [3.63, 3.8) is 0 Å². The molecule has 0 saturated heterocycles. The van der Waals surface area contributed by atoms with Gasteiger partial charge in [0.1, 0.15) is 0 Å². The third-order valence-electron chi connectivity index (χ3n) is 2.82. The molecule has 1 aliphatic rings. The van der Waals surface area contributed by atoms with Crippen LogP contribution in [0.2, 0.25) is 0 Å². The van der Waals surface area contributed by atoms with E-state index in [2.05, 4.69) is 14.7 Å². The van der Waals surface area contributed by atoms with Gasteiger partial charge >= 0.3 is 6.18 Å². The van der Waals surface area contributed by atoms with Gasteiger partial charge in [-0.05, 0) is 12.8 Å². The predicted molar refractivity (Wildman–Crippen MR) is 48.4 cm³/mol. The lowest BCUT2D eigenvalue weighted by Crippen LogP contribution is -2.38. The molecule has 0 bridgehead atoms. The smallest absolute Gasteiger partial charge is 0.339 e. The number of aromatic nitrogens is 2. The van der Waals surface area contributed by atoms with E-state index in [0.29, 0.717) is 0 Å². The van der Waals surface area contributed by atoms with Crippen LogP contribution in [0.5, 0.6) is 0 Å². The Morgan fingerprint density at radius 2 is 1.94 bits per heavy atom. The highest BCUT2D eigenvalue weighted by Gasteiger charge is 2.38. The molecule has 0 spiro atoms. The number of nitrogens with zero attached hydrogens (tertiary/aromatic N) is 2. The lowest BCUT2D eigenvalue weighted by Gasteiger charge is -2.20. The maximum Gasteiger partial charge on any atom is 0.455 e. The SMILES string of the molecule is NC1(Cc2nc(C(F)(F)F)no2)CCCC1. The first kappa shape index (κ1) is 11.4. The van der Waals surface area contributed by atoms with E-state index < -0.39 is 17.5 Å². The molecule has 0 atom stereocenters. The average molecular weight is 235 g/mol. The number of rotatable bonds is 2. The summed E-state index contributed by atoms with van der Waals surface area (Å²) in [6.07, 6.45) is -0.768. The van der Waals surface area contributed by atoms with Gasteiger partial charge in [0.25, 0.3) is 5.82 Å². The molecule has 0 unspecified atom stereocenters. The zero-order valence-corrected chi connectivity index (χ0v) is 8.55. The fourth-order valence-corrected chi connectivity index (χ4v) is 2.00. The van der Waals surface area contributed by atoms with Gasteiger partial charge in [0.05, 0.1) is 0 Å². The Morgan fingerprint density at radius 1 is 1.31 bits per heavy atom. The van der Waals surface area contributed by atoms with E-state index in [9.17, 15) is 13.2 Å². The number of halogens is 3. The van der Waals surface area contributed by atoms with Crippen LogP contribution < -0.4 is 5.73 Å². The summed E-state index contributed by atoms with van der Waals surface area (Å²) in [5.41, 5.74) is 5.52. The molecule has 1 aromatic rings. The molecular weight excluding hydrogens is 223 g/mol. The van der Waals surface area contributed by atoms with Crippen LogP contribution in [-0.2, 0) is 12.6 Å². The van der Waals surface area contributed by atoms with Gasteiger partial charge in [-0.3, -0.25) is 0 Å². The van der Waals surface area contributed by atoms with Crippen LogP contribution in [0.4, 0.5) is 13.2 Å². The van der Waals surface area contributed by atoms with Crippen molar-refractivity contribution >= 4 is 0 Å². The second-order valence-corrected chi connectivity index (χ2v) is 4.26. The van der Waals surface area contributed by atoms with Gasteiger partial charge in [0.15, 0.2) is 0 Å². The minimum atomic E-state index is -4.56. The topological polar surface area (TPSA) is 64.9 Å². The van der Waals surface area contributed by atoms with Crippen molar-refractivity contribution in [2.75, 3.05) is 0 Å². The summed E-state index contributed by atoms with van der Waals surface area (Å²) in [6, 6.07) is 0. The highest BCUT2D eigenvalue weighted by molar-refractivity contribution is 4.99. The highest BCUT2D eigenvalue weighted by atomic mass is 19.4. The quantitative estimate of drug-likeness (QED) is 0.850. The van der Waals surface area contributed by atoms with Crippen molar-refractivity contribution in [1.29, 1.82) is 0 Å². The molecular formula is C9H12F3N3O. The van der Waals surface area contributed by atoms with Gasteiger partial charge in [0, 0.05) is 12.0 Å². The molecule has 4 nitrogen and oxygen atoms in total. The van der Waals surface area contributed by atoms with E-state index >= 15 is 0 Å². The molecule has 0 aromatic carbocycles. The Morgan fingerprint density at radius 3 is 2.44 bits per heavy atom. The Balaban J connectivity index is 2.08. The van der Waals surface area contributed by atoms with Crippen LogP contribution in [0.15, 0.2) is 4.52 Å². The zero-order chi connectivity index (χ0) is 11.8. The van der Waals surface area contributed by atoms with Crippen molar-refractivity contribution in [1.82, 2.24) is 10.1 Å². The number of alkyl halides is 3. The first-order valence-electron chi connectivity index (χ1n) is 5.08. The summed E-state index contributed by atoms with van der Waals surface area (Å²) in [5, 5.41) is 2.89. The summed E-state index contributed by atoms with van der Waals surface area (Å²) >= 11 is 0. The first-order valence-corrected chi connectivity index (χ1v) is 5.08. The standard InChI is InChI=1S/C9H12F3N3O/c10-9(11,12)7-14-6(16-15-7)5-8(13)3-1-2-4-8/h1-5,13H2. The van der Waals surface area contributed by atoms with Crippen molar-refractivity contribution in [3.8, 4) is 0 Å². The molecule has 0 amide bonds. The molecule has 0 radical (unpaired) electrons. The monoisotopic (exact) mass is 235 g/mol. The van der Waals surface area contributed by atoms with Crippen LogP contribution in [0, 0.1) is 0 Å². The molecule has 1 saturated carbocycles. The zero-order valence-electron chi connectivity index (χ0n) is 8.55. The average Bonchev–Trinajstić information content (AvgIpc) is 2.74. The van der Waals surface area contributed by atoms with Crippen LogP contribution in [-0.4, -0.2) is 15.7 Å². The summed E-state index contributed by atoms with van der Waals surface area (Å²) in [4.78, 5) is 3.31. The Hall–Kier alpha value is -1.11. The molecule has 1 heterocycles. The van der Waals surface area contributed by atoms with Crippen molar-refractivity contribution < 1.29 is 17.7 Å². The lowest BCUT2D eigenvalue weighted by molar-refractivity contribution is -0.146. The lowest BCUT2D eigenvalue weighted by atomic mass is 9.95. The van der Waals surface area contributed by atoms with Crippen LogP contribution in [0.3, 0.4) is 0 Å². The molecule has 0 aliphatic heterocycles. The van der Waals surface area contributed by atoms with Gasteiger partial charge in [-0.1, -0.05) is 18.0 Å². The van der Waals surface area contributed by atoms with Crippen molar-refractivity contribution in [3.05, 3.63) is 11.7 Å². The second kappa shape index (κ2) is 3.73. The molecule has 1 fully saturated rings. The molecule has 2 rings (SSSR count). The fourth-order valence-electron chi connectivity index (χ4n) is 2.00. The van der Waals surface area contributed by atoms with Crippen molar-refractivity contribution in [2.45, 2.75) is 43.8 Å². The first-order chi connectivity index (χ1) is 7.39. The molecule has 7 heteroatoms. The minimum absolute atomic E-state index is 0.0308. The molecule has 90 valence electrons. The normalized spacial score (nSPS) is 20.2. The maximum absolute atomic E-state index is 12.2. The summed E-state index contributed by atoms with van der Waals surface area (Å²) in [7, 11) is 0. The number of hydrogen-bond donors (Lipinski definition) is 1. The molecule has 16 heavy (non-hydrogen) atoms. The number of hydrogen-bond acceptors (Lipinski definition) is 4. The highest BCUT2D eigenvalue weighted by Crippen LogP contribution is 2.31. The summed E-state index contributed by atoms with van der Waals surface area (Å²) < 4.78 is 41.1. The molecule has 1 aromatic heterocycles. The predicted octanol–water partition coefficient (Wildman–Crippen LogP) is 1.90. The minimum Gasteiger partial charge on any atom is -0.339 e. The Bertz CT molecular complexity index is 368. The molecule has 1 aliphatic carbocycles. The Kier molecular flexibility index (Phi) is 2.65.